The molecule has 1 aromatic rings. The van der Waals surface area contributed by atoms with E-state index in [-0.39, 0.29) is 11.9 Å². The molecule has 1 aliphatic carbocycles. The average Bonchev–Trinajstić information content (AvgIpc) is 2.55. The van der Waals surface area contributed by atoms with Gasteiger partial charge in [-0.15, -0.1) is 0 Å². The van der Waals surface area contributed by atoms with Gasteiger partial charge in [0.15, 0.2) is 0 Å². The van der Waals surface area contributed by atoms with Gasteiger partial charge >= 0.3 is 0 Å². The van der Waals surface area contributed by atoms with Crippen molar-refractivity contribution in [2.45, 2.75) is 19.5 Å². The van der Waals surface area contributed by atoms with Crippen LogP contribution in [0.3, 0.4) is 0 Å². The minimum absolute atomic E-state index is 0.149. The molecule has 1 heterocycles. The molecule has 0 saturated heterocycles. The molecular formula is C13H14N2O. The van der Waals surface area contributed by atoms with Gasteiger partial charge in [0.05, 0.1) is 6.17 Å². The fraction of sp³-hybridized carbons (Fsp3) is 0.308. The van der Waals surface area contributed by atoms with E-state index < -0.39 is 0 Å². The highest BCUT2D eigenvalue weighted by Crippen LogP contribution is 2.30. The number of fused-ring (bicyclic) bond motifs is 1. The summed E-state index contributed by atoms with van der Waals surface area (Å²) in [4.78, 5) is 14.3. The molecule has 3 rings (SSSR count). The van der Waals surface area contributed by atoms with Crippen molar-refractivity contribution in [3.63, 3.8) is 0 Å². The number of rotatable bonds is 0. The van der Waals surface area contributed by atoms with Crippen molar-refractivity contribution in [3.8, 4) is 0 Å². The smallest absolute Gasteiger partial charge is 0.211 e. The number of likely N-dealkylation sites (N-methyl/N-ethyl adjacent to an activating group) is 1. The first-order valence-corrected chi connectivity index (χ1v) is 5.53. The predicted molar refractivity (Wildman–Crippen MR) is 61.9 cm³/mol. The zero-order chi connectivity index (χ0) is 11.3. The van der Waals surface area contributed by atoms with Gasteiger partial charge in [0.2, 0.25) is 5.78 Å². The molecule has 1 aromatic carbocycles. The number of carbonyl (C=O) groups excluding carboxylic acids is 1. The van der Waals surface area contributed by atoms with Crippen LogP contribution in [0.2, 0.25) is 0 Å². The van der Waals surface area contributed by atoms with Crippen molar-refractivity contribution in [1.29, 1.82) is 0 Å². The SMILES string of the molecule is CC1NC2=C(C(=O)c3ccccc3C2)N1C. The van der Waals surface area contributed by atoms with Gasteiger partial charge in [-0.25, -0.2) is 0 Å². The summed E-state index contributed by atoms with van der Waals surface area (Å²) < 4.78 is 0. The third-order valence-corrected chi connectivity index (χ3v) is 3.45. The van der Waals surface area contributed by atoms with Crippen molar-refractivity contribution in [3.05, 3.63) is 46.8 Å². The second kappa shape index (κ2) is 3.11. The maximum atomic E-state index is 12.3. The lowest BCUT2D eigenvalue weighted by Crippen LogP contribution is -2.32. The Morgan fingerprint density at radius 2 is 2.12 bits per heavy atom. The standard InChI is InChI=1S/C13H14N2O/c1-8-14-11-7-9-5-3-4-6-10(9)13(16)12(11)15(8)2/h3-6,8,14H,7H2,1-2H3. The second-order valence-corrected chi connectivity index (χ2v) is 4.42. The molecule has 16 heavy (non-hydrogen) atoms. The summed E-state index contributed by atoms with van der Waals surface area (Å²) in [5.41, 5.74) is 3.88. The average molecular weight is 214 g/mol. The number of ketones is 1. The molecule has 1 unspecified atom stereocenters. The number of allylic oxidation sites excluding steroid dienone is 2. The lowest BCUT2D eigenvalue weighted by Gasteiger charge is -2.21. The first kappa shape index (κ1) is 9.46. The summed E-state index contributed by atoms with van der Waals surface area (Å²) in [7, 11) is 1.96. The van der Waals surface area contributed by atoms with Gasteiger partial charge in [-0.1, -0.05) is 24.3 Å². The molecule has 0 bridgehead atoms. The van der Waals surface area contributed by atoms with Crippen LogP contribution in [0.15, 0.2) is 35.7 Å². The van der Waals surface area contributed by atoms with E-state index in [4.69, 9.17) is 0 Å². The van der Waals surface area contributed by atoms with E-state index in [0.29, 0.717) is 0 Å². The van der Waals surface area contributed by atoms with Crippen molar-refractivity contribution in [2.75, 3.05) is 7.05 Å². The Bertz CT molecular complexity index is 504. The van der Waals surface area contributed by atoms with Crippen molar-refractivity contribution in [1.82, 2.24) is 10.2 Å². The quantitative estimate of drug-likeness (QED) is 0.710. The van der Waals surface area contributed by atoms with Crippen LogP contribution in [-0.2, 0) is 6.42 Å². The Balaban J connectivity index is 2.11. The Labute approximate surface area is 94.8 Å². The van der Waals surface area contributed by atoms with Gasteiger partial charge in [0.1, 0.15) is 5.70 Å². The zero-order valence-electron chi connectivity index (χ0n) is 9.45. The lowest BCUT2D eigenvalue weighted by atomic mass is 9.92. The molecule has 0 spiro atoms. The van der Waals surface area contributed by atoms with Crippen molar-refractivity contribution in [2.24, 2.45) is 0 Å². The summed E-state index contributed by atoms with van der Waals surface area (Å²) in [6.07, 6.45) is 1.05. The topological polar surface area (TPSA) is 32.3 Å². The van der Waals surface area contributed by atoms with E-state index in [9.17, 15) is 4.79 Å². The molecular weight excluding hydrogens is 200 g/mol. The van der Waals surface area contributed by atoms with E-state index >= 15 is 0 Å². The maximum absolute atomic E-state index is 12.3. The minimum atomic E-state index is 0.149. The van der Waals surface area contributed by atoms with Crippen LogP contribution in [0.25, 0.3) is 0 Å². The number of carbonyl (C=O) groups is 1. The molecule has 3 nitrogen and oxygen atoms in total. The normalized spacial score (nSPS) is 23.0. The summed E-state index contributed by atoms with van der Waals surface area (Å²) in [6.45, 7) is 2.07. The highest BCUT2D eigenvalue weighted by atomic mass is 16.1. The third kappa shape index (κ3) is 1.11. The van der Waals surface area contributed by atoms with Crippen LogP contribution < -0.4 is 5.32 Å². The summed E-state index contributed by atoms with van der Waals surface area (Å²) in [5, 5.41) is 3.36. The van der Waals surface area contributed by atoms with Crippen molar-refractivity contribution >= 4 is 5.78 Å². The number of nitrogens with zero attached hydrogens (tertiary/aromatic N) is 1. The van der Waals surface area contributed by atoms with Gasteiger partial charge in [0.25, 0.3) is 0 Å². The molecule has 0 fully saturated rings. The van der Waals surface area contributed by atoms with Crippen LogP contribution in [0.5, 0.6) is 0 Å². The summed E-state index contributed by atoms with van der Waals surface area (Å²) in [6, 6.07) is 7.85. The number of hydrogen-bond donors (Lipinski definition) is 1. The second-order valence-electron chi connectivity index (χ2n) is 4.42. The zero-order valence-corrected chi connectivity index (χ0v) is 9.45. The Kier molecular flexibility index (Phi) is 1.84. The summed E-state index contributed by atoms with van der Waals surface area (Å²) >= 11 is 0. The fourth-order valence-corrected chi connectivity index (χ4v) is 2.47. The molecule has 0 amide bonds. The molecule has 2 aliphatic rings. The van der Waals surface area contributed by atoms with E-state index in [1.165, 1.54) is 0 Å². The molecule has 0 aromatic heterocycles. The van der Waals surface area contributed by atoms with Crippen LogP contribution >= 0.6 is 0 Å². The molecule has 1 aliphatic heterocycles. The molecule has 3 heteroatoms. The Morgan fingerprint density at radius 1 is 1.38 bits per heavy atom. The van der Waals surface area contributed by atoms with E-state index in [1.807, 2.05) is 36.2 Å². The first-order chi connectivity index (χ1) is 7.68. The number of benzene rings is 1. The third-order valence-electron chi connectivity index (χ3n) is 3.45. The van der Waals surface area contributed by atoms with Gasteiger partial charge in [-0.05, 0) is 12.5 Å². The number of nitrogens with one attached hydrogen (secondary N) is 1. The number of Topliss-reactive ketones (excluding diaryl/α,β-unsaturated/α-hetero) is 1. The summed E-state index contributed by atoms with van der Waals surface area (Å²) in [5.74, 6) is 0.149. The van der Waals surface area contributed by atoms with Gasteiger partial charge in [-0.3, -0.25) is 4.79 Å². The van der Waals surface area contributed by atoms with Crippen molar-refractivity contribution < 1.29 is 4.79 Å². The molecule has 1 N–H and O–H groups in total. The van der Waals surface area contributed by atoms with E-state index in [2.05, 4.69) is 12.2 Å². The van der Waals surface area contributed by atoms with Crippen LogP contribution in [-0.4, -0.2) is 23.9 Å². The van der Waals surface area contributed by atoms with E-state index in [1.54, 1.807) is 0 Å². The van der Waals surface area contributed by atoms with Crippen LogP contribution in [0.1, 0.15) is 22.8 Å². The lowest BCUT2D eigenvalue weighted by molar-refractivity contribution is 0.0992. The Hall–Kier alpha value is -1.77. The molecule has 0 radical (unpaired) electrons. The van der Waals surface area contributed by atoms with Gasteiger partial charge < -0.3 is 10.2 Å². The van der Waals surface area contributed by atoms with Crippen LogP contribution in [0, 0.1) is 0 Å². The Morgan fingerprint density at radius 3 is 2.94 bits per heavy atom. The molecule has 82 valence electrons. The maximum Gasteiger partial charge on any atom is 0.211 e. The minimum Gasteiger partial charge on any atom is -0.367 e. The van der Waals surface area contributed by atoms with E-state index in [0.717, 1.165) is 28.9 Å². The predicted octanol–water partition coefficient (Wildman–Crippen LogP) is 1.52. The highest BCUT2D eigenvalue weighted by molar-refractivity contribution is 6.11. The number of hydrogen-bond acceptors (Lipinski definition) is 3. The molecule has 1 atom stereocenters. The van der Waals surface area contributed by atoms with Crippen LogP contribution in [0.4, 0.5) is 0 Å². The fourth-order valence-electron chi connectivity index (χ4n) is 2.47. The van der Waals surface area contributed by atoms with Gasteiger partial charge in [0, 0.05) is 24.7 Å². The van der Waals surface area contributed by atoms with Gasteiger partial charge in [-0.2, -0.15) is 0 Å². The monoisotopic (exact) mass is 214 g/mol. The first-order valence-electron chi connectivity index (χ1n) is 5.53. The highest BCUT2D eigenvalue weighted by Gasteiger charge is 2.34. The molecule has 0 saturated carbocycles. The largest absolute Gasteiger partial charge is 0.367 e.